The fourth-order valence-electron chi connectivity index (χ4n) is 1.46. The van der Waals surface area contributed by atoms with E-state index in [0.717, 1.165) is 24.1 Å². The molecule has 1 aliphatic carbocycles. The summed E-state index contributed by atoms with van der Waals surface area (Å²) < 4.78 is 0. The predicted molar refractivity (Wildman–Crippen MR) is 69.2 cm³/mol. The maximum absolute atomic E-state index is 11.3. The molecule has 2 amide bonds. The van der Waals surface area contributed by atoms with Gasteiger partial charge in [0.1, 0.15) is 0 Å². The molecule has 1 aromatic carbocycles. The van der Waals surface area contributed by atoms with Gasteiger partial charge in [-0.1, -0.05) is 12.1 Å². The van der Waals surface area contributed by atoms with E-state index in [1.54, 1.807) is 18.3 Å². The minimum atomic E-state index is -0.104. The Kier molecular flexibility index (Phi) is 3.72. The zero-order chi connectivity index (χ0) is 13.0. The number of hydrogen-bond acceptors (Lipinski definition) is 3. The lowest BCUT2D eigenvalue weighted by Gasteiger charge is -2.01. The van der Waals surface area contributed by atoms with Gasteiger partial charge in [-0.05, 0) is 30.5 Å². The molecule has 0 aromatic heterocycles. The predicted octanol–water partition coefficient (Wildman–Crippen LogP) is 1.51. The van der Waals surface area contributed by atoms with Gasteiger partial charge in [-0.25, -0.2) is 5.43 Å². The van der Waals surface area contributed by atoms with Crippen LogP contribution in [0.2, 0.25) is 0 Å². The topological polar surface area (TPSA) is 70.6 Å². The van der Waals surface area contributed by atoms with Gasteiger partial charge in [0.05, 0.1) is 6.21 Å². The minimum absolute atomic E-state index is 0.0129. The standard InChI is InChI=1S/C13H15N3O2/c1-9(17)15-12-6-2-10(3-7-12)8-14-16-13(18)11-4-5-11/h2-3,6-8,11H,4-5H2,1H3,(H,15,17)(H,16,18)/b14-8-. The minimum Gasteiger partial charge on any atom is -0.326 e. The summed E-state index contributed by atoms with van der Waals surface area (Å²) in [4.78, 5) is 22.1. The van der Waals surface area contributed by atoms with Crippen LogP contribution in [0.3, 0.4) is 0 Å². The molecule has 0 bridgehead atoms. The molecule has 2 N–H and O–H groups in total. The van der Waals surface area contributed by atoms with Gasteiger partial charge >= 0.3 is 0 Å². The summed E-state index contributed by atoms with van der Waals surface area (Å²) in [7, 11) is 0. The number of nitrogens with zero attached hydrogens (tertiary/aromatic N) is 1. The van der Waals surface area contributed by atoms with Crippen LogP contribution in [0.25, 0.3) is 0 Å². The highest BCUT2D eigenvalue weighted by Crippen LogP contribution is 2.28. The fraction of sp³-hybridized carbons (Fsp3) is 0.308. The van der Waals surface area contributed by atoms with Crippen molar-refractivity contribution in [2.24, 2.45) is 11.0 Å². The molecule has 1 fully saturated rings. The van der Waals surface area contributed by atoms with E-state index in [4.69, 9.17) is 0 Å². The Labute approximate surface area is 105 Å². The van der Waals surface area contributed by atoms with Crippen LogP contribution >= 0.6 is 0 Å². The van der Waals surface area contributed by atoms with Gasteiger partial charge < -0.3 is 5.32 Å². The number of rotatable bonds is 4. The average molecular weight is 245 g/mol. The normalized spacial score (nSPS) is 14.5. The Morgan fingerprint density at radius 3 is 2.50 bits per heavy atom. The van der Waals surface area contributed by atoms with E-state index in [1.807, 2.05) is 12.1 Å². The Hall–Kier alpha value is -2.17. The van der Waals surface area contributed by atoms with Crippen molar-refractivity contribution in [3.8, 4) is 0 Å². The van der Waals surface area contributed by atoms with Gasteiger partial charge in [0.25, 0.3) is 0 Å². The van der Waals surface area contributed by atoms with Crippen LogP contribution in [0.1, 0.15) is 25.3 Å². The molecule has 0 aliphatic heterocycles. The number of carbonyl (C=O) groups is 2. The molecule has 94 valence electrons. The molecule has 0 atom stereocenters. The first-order valence-corrected chi connectivity index (χ1v) is 5.86. The number of anilines is 1. The van der Waals surface area contributed by atoms with E-state index < -0.39 is 0 Å². The van der Waals surface area contributed by atoms with Crippen LogP contribution in [0.4, 0.5) is 5.69 Å². The molecular formula is C13H15N3O2. The second kappa shape index (κ2) is 5.44. The quantitative estimate of drug-likeness (QED) is 0.623. The molecule has 18 heavy (non-hydrogen) atoms. The highest BCUT2D eigenvalue weighted by Gasteiger charge is 2.29. The molecule has 2 rings (SSSR count). The highest BCUT2D eigenvalue weighted by molar-refractivity contribution is 5.89. The van der Waals surface area contributed by atoms with E-state index in [0.29, 0.717) is 0 Å². The Morgan fingerprint density at radius 1 is 1.28 bits per heavy atom. The van der Waals surface area contributed by atoms with Crippen molar-refractivity contribution in [2.75, 3.05) is 5.32 Å². The van der Waals surface area contributed by atoms with E-state index >= 15 is 0 Å². The molecular weight excluding hydrogens is 230 g/mol. The lowest BCUT2D eigenvalue weighted by molar-refractivity contribution is -0.122. The van der Waals surface area contributed by atoms with Gasteiger partial charge in [-0.3, -0.25) is 9.59 Å². The molecule has 0 unspecified atom stereocenters. The Morgan fingerprint density at radius 2 is 1.94 bits per heavy atom. The molecule has 0 heterocycles. The van der Waals surface area contributed by atoms with Crippen LogP contribution < -0.4 is 10.7 Å². The smallest absolute Gasteiger partial charge is 0.243 e. The van der Waals surface area contributed by atoms with Crippen LogP contribution in [0, 0.1) is 5.92 Å². The lowest BCUT2D eigenvalue weighted by Crippen LogP contribution is -2.18. The van der Waals surface area contributed by atoms with Crippen molar-refractivity contribution in [1.29, 1.82) is 0 Å². The third-order valence-corrected chi connectivity index (χ3v) is 2.57. The largest absolute Gasteiger partial charge is 0.326 e. The van der Waals surface area contributed by atoms with Gasteiger partial charge in [-0.2, -0.15) is 5.10 Å². The van der Waals surface area contributed by atoms with E-state index in [9.17, 15) is 9.59 Å². The number of benzene rings is 1. The number of nitrogens with one attached hydrogen (secondary N) is 2. The first-order valence-electron chi connectivity index (χ1n) is 5.86. The molecule has 1 aliphatic rings. The molecule has 5 heteroatoms. The van der Waals surface area contributed by atoms with Crippen LogP contribution in [-0.2, 0) is 9.59 Å². The van der Waals surface area contributed by atoms with E-state index in [1.165, 1.54) is 6.92 Å². The van der Waals surface area contributed by atoms with Crippen molar-refractivity contribution >= 4 is 23.7 Å². The molecule has 0 radical (unpaired) electrons. The summed E-state index contributed by atoms with van der Waals surface area (Å²) in [5.74, 6) is 0.0403. The monoisotopic (exact) mass is 245 g/mol. The first kappa shape index (κ1) is 12.3. The van der Waals surface area contributed by atoms with Gasteiger partial charge in [0.2, 0.25) is 11.8 Å². The molecule has 1 aromatic rings. The van der Waals surface area contributed by atoms with Crippen LogP contribution in [-0.4, -0.2) is 18.0 Å². The second-order valence-corrected chi connectivity index (χ2v) is 4.31. The van der Waals surface area contributed by atoms with E-state index in [-0.39, 0.29) is 17.7 Å². The molecule has 0 spiro atoms. The highest BCUT2D eigenvalue weighted by atomic mass is 16.2. The lowest BCUT2D eigenvalue weighted by atomic mass is 10.2. The Balaban J connectivity index is 1.86. The number of amides is 2. The number of carbonyl (C=O) groups excluding carboxylic acids is 2. The van der Waals surface area contributed by atoms with Crippen molar-refractivity contribution < 1.29 is 9.59 Å². The first-order chi connectivity index (χ1) is 8.65. The Bertz CT molecular complexity index is 476. The number of hydrogen-bond donors (Lipinski definition) is 2. The SMILES string of the molecule is CC(=O)Nc1ccc(/C=N\NC(=O)C2CC2)cc1. The maximum Gasteiger partial charge on any atom is 0.243 e. The summed E-state index contributed by atoms with van der Waals surface area (Å²) in [5.41, 5.74) is 4.10. The summed E-state index contributed by atoms with van der Waals surface area (Å²) in [6.45, 7) is 1.46. The van der Waals surface area contributed by atoms with Gasteiger partial charge in [-0.15, -0.1) is 0 Å². The third-order valence-electron chi connectivity index (χ3n) is 2.57. The zero-order valence-electron chi connectivity index (χ0n) is 10.1. The van der Waals surface area contributed by atoms with Crippen molar-refractivity contribution in [3.05, 3.63) is 29.8 Å². The van der Waals surface area contributed by atoms with Crippen molar-refractivity contribution in [3.63, 3.8) is 0 Å². The van der Waals surface area contributed by atoms with Crippen LogP contribution in [0.5, 0.6) is 0 Å². The zero-order valence-corrected chi connectivity index (χ0v) is 10.1. The third kappa shape index (κ3) is 3.69. The van der Waals surface area contributed by atoms with Gasteiger partial charge in [0, 0.05) is 18.5 Å². The average Bonchev–Trinajstić information content (AvgIpc) is 3.14. The van der Waals surface area contributed by atoms with E-state index in [2.05, 4.69) is 15.8 Å². The van der Waals surface area contributed by atoms with Gasteiger partial charge in [0.15, 0.2) is 0 Å². The molecule has 0 saturated heterocycles. The van der Waals surface area contributed by atoms with Crippen molar-refractivity contribution in [1.82, 2.24) is 5.43 Å². The second-order valence-electron chi connectivity index (χ2n) is 4.31. The van der Waals surface area contributed by atoms with Crippen molar-refractivity contribution in [2.45, 2.75) is 19.8 Å². The maximum atomic E-state index is 11.3. The van der Waals surface area contributed by atoms with Crippen LogP contribution in [0.15, 0.2) is 29.4 Å². The summed E-state index contributed by atoms with van der Waals surface area (Å²) >= 11 is 0. The summed E-state index contributed by atoms with van der Waals surface area (Å²) in [6, 6.07) is 7.20. The fourth-order valence-corrected chi connectivity index (χ4v) is 1.46. The molecule has 1 saturated carbocycles. The number of hydrazone groups is 1. The molecule has 5 nitrogen and oxygen atoms in total. The summed E-state index contributed by atoms with van der Waals surface area (Å²) in [6.07, 6.45) is 3.51. The summed E-state index contributed by atoms with van der Waals surface area (Å²) in [5, 5.41) is 6.56.